The van der Waals surface area contributed by atoms with Gasteiger partial charge in [-0.2, -0.15) is 0 Å². The number of carbonyl (C=O) groups is 3. The summed E-state index contributed by atoms with van der Waals surface area (Å²) < 4.78 is 0. The molecule has 21 heavy (non-hydrogen) atoms. The molecular weight excluding hydrogens is 272 g/mol. The third-order valence-corrected chi connectivity index (χ3v) is 3.25. The molecule has 6 nitrogen and oxygen atoms in total. The zero-order valence-corrected chi connectivity index (χ0v) is 13.3. The lowest BCUT2D eigenvalue weighted by Gasteiger charge is -2.17. The number of urea groups is 1. The van der Waals surface area contributed by atoms with Crippen LogP contribution in [0.1, 0.15) is 65.7 Å². The molecule has 0 aliphatic heterocycles. The van der Waals surface area contributed by atoms with Crippen LogP contribution in [0.5, 0.6) is 0 Å². The van der Waals surface area contributed by atoms with E-state index in [0.29, 0.717) is 6.54 Å². The van der Waals surface area contributed by atoms with Gasteiger partial charge < -0.3 is 10.4 Å². The number of aliphatic carboxylic acids is 1. The van der Waals surface area contributed by atoms with E-state index in [1.165, 1.54) is 33.1 Å². The van der Waals surface area contributed by atoms with Crippen LogP contribution in [0, 0.1) is 5.41 Å². The number of imide groups is 1. The molecule has 0 unspecified atom stereocenters. The highest BCUT2D eigenvalue weighted by Crippen LogP contribution is 2.19. The van der Waals surface area contributed by atoms with E-state index < -0.39 is 23.3 Å². The first-order valence-corrected chi connectivity index (χ1v) is 7.60. The summed E-state index contributed by atoms with van der Waals surface area (Å²) in [6.45, 7) is 5.58. The van der Waals surface area contributed by atoms with Crippen LogP contribution in [-0.4, -0.2) is 29.6 Å². The summed E-state index contributed by atoms with van der Waals surface area (Å²) in [7, 11) is 0. The Kier molecular flexibility index (Phi) is 9.41. The van der Waals surface area contributed by atoms with Crippen LogP contribution in [-0.2, 0) is 9.59 Å². The molecule has 0 aromatic heterocycles. The number of nitrogens with one attached hydrogen (secondary N) is 2. The fourth-order valence-corrected chi connectivity index (χ4v) is 1.80. The third-order valence-electron chi connectivity index (χ3n) is 3.25. The van der Waals surface area contributed by atoms with Gasteiger partial charge >= 0.3 is 12.0 Å². The Balaban J connectivity index is 3.75. The summed E-state index contributed by atoms with van der Waals surface area (Å²) in [5, 5.41) is 13.7. The number of hydrogen-bond donors (Lipinski definition) is 3. The predicted octanol–water partition coefficient (Wildman–Crippen LogP) is 2.67. The number of amides is 3. The van der Waals surface area contributed by atoms with Crippen molar-refractivity contribution in [2.75, 3.05) is 6.54 Å². The predicted molar refractivity (Wildman–Crippen MR) is 81.0 cm³/mol. The smallest absolute Gasteiger partial charge is 0.321 e. The second-order valence-electron chi connectivity index (χ2n) is 5.94. The number of carboxylic acid groups (broad SMARTS) is 1. The number of hydrogen-bond acceptors (Lipinski definition) is 3. The number of carboxylic acids is 1. The Labute approximate surface area is 126 Å². The Morgan fingerprint density at radius 1 is 1.00 bits per heavy atom. The van der Waals surface area contributed by atoms with Gasteiger partial charge in [0.15, 0.2) is 0 Å². The zero-order valence-electron chi connectivity index (χ0n) is 13.3. The molecule has 6 heteroatoms. The summed E-state index contributed by atoms with van der Waals surface area (Å²) in [6, 6.07) is -0.560. The van der Waals surface area contributed by atoms with Gasteiger partial charge in [-0.15, -0.1) is 0 Å². The quantitative estimate of drug-likeness (QED) is 0.540. The van der Waals surface area contributed by atoms with E-state index in [-0.39, 0.29) is 6.42 Å². The van der Waals surface area contributed by atoms with Crippen LogP contribution in [0.2, 0.25) is 0 Å². The van der Waals surface area contributed by atoms with Crippen molar-refractivity contribution in [1.82, 2.24) is 10.6 Å². The number of unbranched alkanes of at least 4 members (excludes halogenated alkanes) is 5. The van der Waals surface area contributed by atoms with Gasteiger partial charge in [0.25, 0.3) is 0 Å². The summed E-state index contributed by atoms with van der Waals surface area (Å²) in [5.41, 5.74) is -1.18. The SMILES string of the molecule is CCCCCCCCNC(=O)NC(=O)CC(C)(C)C(=O)O. The van der Waals surface area contributed by atoms with E-state index in [4.69, 9.17) is 5.11 Å². The van der Waals surface area contributed by atoms with E-state index in [9.17, 15) is 14.4 Å². The van der Waals surface area contributed by atoms with Crippen LogP contribution < -0.4 is 10.6 Å². The normalized spacial score (nSPS) is 11.0. The highest BCUT2D eigenvalue weighted by Gasteiger charge is 2.30. The highest BCUT2D eigenvalue weighted by atomic mass is 16.4. The standard InChI is InChI=1S/C15H28N2O4/c1-4-5-6-7-8-9-10-16-14(21)17-12(18)11-15(2,3)13(19)20/h4-11H2,1-3H3,(H,19,20)(H2,16,17,18,21). The average Bonchev–Trinajstić information content (AvgIpc) is 2.36. The van der Waals surface area contributed by atoms with Crippen molar-refractivity contribution >= 4 is 17.9 Å². The Morgan fingerprint density at radius 2 is 1.57 bits per heavy atom. The maximum absolute atomic E-state index is 11.5. The van der Waals surface area contributed by atoms with Gasteiger partial charge in [0.05, 0.1) is 5.41 Å². The lowest BCUT2D eigenvalue weighted by molar-refractivity contribution is -0.149. The minimum absolute atomic E-state index is 0.229. The first-order valence-electron chi connectivity index (χ1n) is 7.60. The van der Waals surface area contributed by atoms with Crippen molar-refractivity contribution in [2.45, 2.75) is 65.7 Å². The molecule has 0 aliphatic rings. The maximum Gasteiger partial charge on any atom is 0.321 e. The molecule has 0 fully saturated rings. The summed E-state index contributed by atoms with van der Waals surface area (Å²) >= 11 is 0. The number of carbonyl (C=O) groups excluding carboxylic acids is 2. The molecule has 3 N–H and O–H groups in total. The van der Waals surface area contributed by atoms with Gasteiger partial charge in [0, 0.05) is 13.0 Å². The third kappa shape index (κ3) is 9.87. The van der Waals surface area contributed by atoms with Crippen LogP contribution in [0.3, 0.4) is 0 Å². The van der Waals surface area contributed by atoms with Crippen LogP contribution >= 0.6 is 0 Å². The van der Waals surface area contributed by atoms with E-state index in [1.54, 1.807) is 0 Å². The Bertz CT molecular complexity index is 354. The molecule has 0 heterocycles. The summed E-state index contributed by atoms with van der Waals surface area (Å²) in [5.74, 6) is -1.65. The van der Waals surface area contributed by atoms with Crippen molar-refractivity contribution in [3.05, 3.63) is 0 Å². The van der Waals surface area contributed by atoms with E-state index in [2.05, 4.69) is 17.6 Å². The molecule has 0 atom stereocenters. The lowest BCUT2D eigenvalue weighted by Crippen LogP contribution is -2.42. The van der Waals surface area contributed by atoms with Gasteiger partial charge in [-0.1, -0.05) is 39.0 Å². The molecule has 0 saturated carbocycles. The van der Waals surface area contributed by atoms with Crippen LogP contribution in [0.4, 0.5) is 4.79 Å². The van der Waals surface area contributed by atoms with Crippen molar-refractivity contribution < 1.29 is 19.5 Å². The molecule has 0 aromatic carbocycles. The van der Waals surface area contributed by atoms with Crippen molar-refractivity contribution in [2.24, 2.45) is 5.41 Å². The Hall–Kier alpha value is -1.59. The van der Waals surface area contributed by atoms with Crippen LogP contribution in [0.25, 0.3) is 0 Å². The molecule has 0 rings (SSSR count). The molecule has 0 saturated heterocycles. The highest BCUT2D eigenvalue weighted by molar-refractivity contribution is 5.96. The van der Waals surface area contributed by atoms with Crippen molar-refractivity contribution in [3.8, 4) is 0 Å². The first kappa shape index (κ1) is 19.4. The van der Waals surface area contributed by atoms with E-state index >= 15 is 0 Å². The van der Waals surface area contributed by atoms with Crippen molar-refractivity contribution in [1.29, 1.82) is 0 Å². The van der Waals surface area contributed by atoms with Crippen molar-refractivity contribution in [3.63, 3.8) is 0 Å². The van der Waals surface area contributed by atoms with Crippen LogP contribution in [0.15, 0.2) is 0 Å². The minimum Gasteiger partial charge on any atom is -0.481 e. The molecular formula is C15H28N2O4. The molecule has 3 amide bonds. The minimum atomic E-state index is -1.18. The molecule has 122 valence electrons. The topological polar surface area (TPSA) is 95.5 Å². The number of rotatable bonds is 10. The van der Waals surface area contributed by atoms with Gasteiger partial charge in [-0.05, 0) is 20.3 Å². The lowest BCUT2D eigenvalue weighted by atomic mass is 9.89. The zero-order chi connectivity index (χ0) is 16.3. The Morgan fingerprint density at radius 3 is 2.14 bits per heavy atom. The summed E-state index contributed by atoms with van der Waals surface area (Å²) in [6.07, 6.45) is 6.52. The molecule has 0 bridgehead atoms. The van der Waals surface area contributed by atoms with E-state index in [0.717, 1.165) is 19.3 Å². The molecule has 0 radical (unpaired) electrons. The maximum atomic E-state index is 11.5. The summed E-state index contributed by atoms with van der Waals surface area (Å²) in [4.78, 5) is 33.9. The van der Waals surface area contributed by atoms with E-state index in [1.807, 2.05) is 0 Å². The van der Waals surface area contributed by atoms with Gasteiger partial charge in [-0.3, -0.25) is 14.9 Å². The van der Waals surface area contributed by atoms with Gasteiger partial charge in [0.2, 0.25) is 5.91 Å². The average molecular weight is 300 g/mol. The molecule has 0 aromatic rings. The fraction of sp³-hybridized carbons (Fsp3) is 0.800. The first-order chi connectivity index (χ1) is 9.79. The fourth-order valence-electron chi connectivity index (χ4n) is 1.80. The second kappa shape index (κ2) is 10.2. The second-order valence-corrected chi connectivity index (χ2v) is 5.94. The molecule has 0 aliphatic carbocycles. The monoisotopic (exact) mass is 300 g/mol. The largest absolute Gasteiger partial charge is 0.481 e. The molecule has 0 spiro atoms. The van der Waals surface area contributed by atoms with Gasteiger partial charge in [-0.25, -0.2) is 4.79 Å². The van der Waals surface area contributed by atoms with Gasteiger partial charge in [0.1, 0.15) is 0 Å².